The smallest absolute Gasteiger partial charge is 0.338 e. The lowest BCUT2D eigenvalue weighted by atomic mass is 9.80. The highest BCUT2D eigenvalue weighted by Gasteiger charge is 2.66. The lowest BCUT2D eigenvalue weighted by Crippen LogP contribution is -2.37. The summed E-state index contributed by atoms with van der Waals surface area (Å²) in [5.41, 5.74) is 2.19. The molecule has 2 aromatic rings. The van der Waals surface area contributed by atoms with Crippen molar-refractivity contribution in [2.24, 2.45) is 23.7 Å². The number of anilines is 2. The fourth-order valence-electron chi connectivity index (χ4n) is 5.48. The number of imide groups is 1. The Morgan fingerprint density at radius 3 is 2.21 bits per heavy atom. The average Bonchev–Trinajstić information content (AvgIpc) is 3.42. The van der Waals surface area contributed by atoms with E-state index in [4.69, 9.17) is 27.9 Å². The summed E-state index contributed by atoms with van der Waals surface area (Å²) in [7, 11) is 0. The van der Waals surface area contributed by atoms with E-state index in [0.717, 1.165) is 5.56 Å². The molecule has 6 atom stereocenters. The Morgan fingerprint density at radius 1 is 1.00 bits per heavy atom. The van der Waals surface area contributed by atoms with Crippen LogP contribution in [-0.2, 0) is 19.1 Å². The third kappa shape index (κ3) is 3.77. The highest BCUT2D eigenvalue weighted by Crippen LogP contribution is 2.59. The van der Waals surface area contributed by atoms with E-state index in [1.54, 1.807) is 12.1 Å². The SMILES string of the molecule is Cc1cccc(NC(=O)COC(=O)c2ccc(N3C(=O)[C@@H]4[C@H]5C[C@@H]([C@@H](Cl)[C@H]5Cl)[C@H]4C3=O)cc2)c1. The van der Waals surface area contributed by atoms with E-state index in [0.29, 0.717) is 17.8 Å². The highest BCUT2D eigenvalue weighted by atomic mass is 35.5. The minimum atomic E-state index is -0.685. The Labute approximate surface area is 206 Å². The van der Waals surface area contributed by atoms with E-state index in [2.05, 4.69) is 5.32 Å². The van der Waals surface area contributed by atoms with Gasteiger partial charge in [-0.1, -0.05) is 12.1 Å². The van der Waals surface area contributed by atoms with Gasteiger partial charge in [0.15, 0.2) is 6.61 Å². The molecule has 3 fully saturated rings. The largest absolute Gasteiger partial charge is 0.452 e. The molecule has 1 saturated heterocycles. The number of nitrogens with zero attached hydrogens (tertiary/aromatic N) is 1. The normalized spacial score (nSPS) is 29.3. The molecule has 9 heteroatoms. The second-order valence-corrected chi connectivity index (χ2v) is 10.1. The van der Waals surface area contributed by atoms with Crippen LogP contribution in [0.5, 0.6) is 0 Å². The molecule has 1 aliphatic heterocycles. The monoisotopic (exact) mass is 500 g/mol. The molecule has 5 rings (SSSR count). The second-order valence-electron chi connectivity index (χ2n) is 9.06. The van der Waals surface area contributed by atoms with Crippen molar-refractivity contribution >= 4 is 58.3 Å². The van der Waals surface area contributed by atoms with Crippen LogP contribution in [0.1, 0.15) is 22.3 Å². The molecule has 176 valence electrons. The summed E-state index contributed by atoms with van der Waals surface area (Å²) in [6.45, 7) is 1.46. The standard InChI is InChI=1S/C25H22Cl2N2O5/c1-12-3-2-4-14(9-12)28-18(30)11-34-25(33)13-5-7-15(8-6-13)29-23(31)19-16-10-17(20(19)24(29)32)22(27)21(16)26/h2-9,16-17,19-22H,10-11H2,1H3,(H,28,30)/t16-,17-,19-,20-,21-,22+/m1/s1. The molecular weight excluding hydrogens is 479 g/mol. The molecule has 3 aliphatic rings. The van der Waals surface area contributed by atoms with Crippen LogP contribution in [0, 0.1) is 30.6 Å². The average molecular weight is 501 g/mol. The molecular formula is C25H22Cl2N2O5. The minimum absolute atomic E-state index is 0.0965. The van der Waals surface area contributed by atoms with Crippen LogP contribution in [0.2, 0.25) is 0 Å². The van der Waals surface area contributed by atoms with Gasteiger partial charge in [0.25, 0.3) is 5.91 Å². The Hall–Kier alpha value is -2.90. The molecule has 2 aromatic carbocycles. The van der Waals surface area contributed by atoms with Gasteiger partial charge in [-0.3, -0.25) is 19.3 Å². The number of amides is 3. The van der Waals surface area contributed by atoms with Crippen LogP contribution in [-0.4, -0.2) is 41.1 Å². The van der Waals surface area contributed by atoms with E-state index in [-0.39, 0.29) is 40.0 Å². The number of halogens is 2. The zero-order valence-electron chi connectivity index (χ0n) is 18.2. The molecule has 34 heavy (non-hydrogen) atoms. The first-order valence-electron chi connectivity index (χ1n) is 11.1. The third-order valence-corrected chi connectivity index (χ3v) is 8.30. The predicted molar refractivity (Wildman–Crippen MR) is 127 cm³/mol. The summed E-state index contributed by atoms with van der Waals surface area (Å²) in [5.74, 6) is -2.74. The number of hydrogen-bond donors (Lipinski definition) is 1. The lowest BCUT2D eigenvalue weighted by molar-refractivity contribution is -0.123. The number of carbonyl (C=O) groups is 4. The summed E-state index contributed by atoms with van der Waals surface area (Å²) < 4.78 is 5.09. The number of alkyl halides is 2. The van der Waals surface area contributed by atoms with Crippen LogP contribution >= 0.6 is 23.2 Å². The van der Waals surface area contributed by atoms with Gasteiger partial charge < -0.3 is 10.1 Å². The Balaban J connectivity index is 1.22. The van der Waals surface area contributed by atoms with Crippen LogP contribution in [0.4, 0.5) is 11.4 Å². The number of fused-ring (bicyclic) bond motifs is 5. The maximum absolute atomic E-state index is 13.1. The topological polar surface area (TPSA) is 92.8 Å². The van der Waals surface area contributed by atoms with Crippen molar-refractivity contribution in [1.29, 1.82) is 0 Å². The number of esters is 1. The highest BCUT2D eigenvalue weighted by molar-refractivity contribution is 6.32. The number of ether oxygens (including phenoxy) is 1. The van der Waals surface area contributed by atoms with Crippen molar-refractivity contribution in [2.45, 2.75) is 24.1 Å². The molecule has 0 unspecified atom stereocenters. The molecule has 3 amide bonds. The van der Waals surface area contributed by atoms with E-state index in [1.165, 1.54) is 29.2 Å². The van der Waals surface area contributed by atoms with Crippen molar-refractivity contribution in [3.05, 3.63) is 59.7 Å². The lowest BCUT2D eigenvalue weighted by Gasteiger charge is -2.28. The molecule has 0 radical (unpaired) electrons. The molecule has 0 spiro atoms. The molecule has 0 aromatic heterocycles. The number of carbonyl (C=O) groups excluding carboxylic acids is 4. The number of hydrogen-bond acceptors (Lipinski definition) is 5. The van der Waals surface area contributed by atoms with Crippen LogP contribution in [0.15, 0.2) is 48.5 Å². The van der Waals surface area contributed by atoms with Gasteiger partial charge in [0.05, 0.1) is 33.8 Å². The zero-order chi connectivity index (χ0) is 24.1. The Morgan fingerprint density at radius 2 is 1.62 bits per heavy atom. The second kappa shape index (κ2) is 8.71. The van der Waals surface area contributed by atoms with Gasteiger partial charge in [0.1, 0.15) is 0 Å². The maximum atomic E-state index is 13.1. The van der Waals surface area contributed by atoms with Gasteiger partial charge in [-0.05, 0) is 67.1 Å². The van der Waals surface area contributed by atoms with Gasteiger partial charge in [0, 0.05) is 5.69 Å². The van der Waals surface area contributed by atoms with E-state index < -0.39 is 30.3 Å². The van der Waals surface area contributed by atoms with Crippen molar-refractivity contribution in [1.82, 2.24) is 0 Å². The summed E-state index contributed by atoms with van der Waals surface area (Å²) in [6.07, 6.45) is 0.700. The van der Waals surface area contributed by atoms with Gasteiger partial charge in [-0.15, -0.1) is 23.2 Å². The van der Waals surface area contributed by atoms with Crippen LogP contribution in [0.3, 0.4) is 0 Å². The van der Waals surface area contributed by atoms with Crippen molar-refractivity contribution in [2.75, 3.05) is 16.8 Å². The quantitative estimate of drug-likeness (QED) is 0.383. The Bertz CT molecular complexity index is 1150. The third-order valence-electron chi connectivity index (χ3n) is 6.98. The van der Waals surface area contributed by atoms with Gasteiger partial charge in [-0.2, -0.15) is 0 Å². The van der Waals surface area contributed by atoms with E-state index in [1.807, 2.05) is 19.1 Å². The summed E-state index contributed by atoms with van der Waals surface area (Å²) >= 11 is 12.8. The molecule has 2 saturated carbocycles. The van der Waals surface area contributed by atoms with Crippen molar-refractivity contribution in [3.63, 3.8) is 0 Å². The maximum Gasteiger partial charge on any atom is 0.338 e. The zero-order valence-corrected chi connectivity index (χ0v) is 19.8. The summed E-state index contributed by atoms with van der Waals surface area (Å²) in [4.78, 5) is 51.8. The predicted octanol–water partition coefficient (Wildman–Crippen LogP) is 3.76. The fourth-order valence-corrected chi connectivity index (χ4v) is 6.38. The Kier molecular flexibility index (Phi) is 5.86. The first-order valence-corrected chi connectivity index (χ1v) is 11.9. The number of aryl methyl sites for hydroxylation is 1. The number of nitrogens with one attached hydrogen (secondary N) is 1. The van der Waals surface area contributed by atoms with Crippen LogP contribution < -0.4 is 10.2 Å². The molecule has 1 heterocycles. The summed E-state index contributed by atoms with van der Waals surface area (Å²) in [5, 5.41) is 2.04. The minimum Gasteiger partial charge on any atom is -0.452 e. The van der Waals surface area contributed by atoms with Crippen LogP contribution in [0.25, 0.3) is 0 Å². The van der Waals surface area contributed by atoms with Gasteiger partial charge >= 0.3 is 5.97 Å². The van der Waals surface area contributed by atoms with Gasteiger partial charge in [0.2, 0.25) is 11.8 Å². The molecule has 2 bridgehead atoms. The first-order chi connectivity index (χ1) is 16.3. The van der Waals surface area contributed by atoms with E-state index in [9.17, 15) is 19.2 Å². The molecule has 2 aliphatic carbocycles. The first kappa shape index (κ1) is 22.9. The van der Waals surface area contributed by atoms with E-state index >= 15 is 0 Å². The number of rotatable bonds is 5. The van der Waals surface area contributed by atoms with Gasteiger partial charge in [-0.25, -0.2) is 4.79 Å². The summed E-state index contributed by atoms with van der Waals surface area (Å²) in [6, 6.07) is 13.3. The number of benzene rings is 2. The fraction of sp³-hybridized carbons (Fsp3) is 0.360. The van der Waals surface area contributed by atoms with Crippen molar-refractivity contribution in [3.8, 4) is 0 Å². The van der Waals surface area contributed by atoms with Crippen molar-refractivity contribution < 1.29 is 23.9 Å². The molecule has 7 nitrogen and oxygen atoms in total. The molecule has 1 N–H and O–H groups in total.